The number of para-hydroxylation sites is 1. The summed E-state index contributed by atoms with van der Waals surface area (Å²) in [5, 5.41) is 0.391. The van der Waals surface area contributed by atoms with Crippen LogP contribution in [-0.4, -0.2) is 60.6 Å². The van der Waals surface area contributed by atoms with E-state index in [4.69, 9.17) is 16.1 Å². The van der Waals surface area contributed by atoms with Crippen LogP contribution in [0.4, 0.5) is 11.4 Å². The quantitative estimate of drug-likeness (QED) is 0.335. The zero-order valence-corrected chi connectivity index (χ0v) is 23.8. The van der Waals surface area contributed by atoms with Gasteiger partial charge in [0.1, 0.15) is 15.1 Å². The summed E-state index contributed by atoms with van der Waals surface area (Å²) in [4.78, 5) is 20.7. The molecule has 0 amide bonds. The zero-order chi connectivity index (χ0) is 26.2. The van der Waals surface area contributed by atoms with Crippen LogP contribution < -0.4 is 9.21 Å². The summed E-state index contributed by atoms with van der Waals surface area (Å²) in [5.74, 6) is 0. The monoisotopic (exact) mass is 585 g/mol. The number of benzene rings is 1. The Bertz CT molecular complexity index is 1240. The normalized spacial score (nSPS) is 17.5. The van der Waals surface area contributed by atoms with Crippen LogP contribution in [-0.2, 0) is 30.1 Å². The summed E-state index contributed by atoms with van der Waals surface area (Å²) >= 11 is 7.38. The molecule has 0 spiro atoms. The number of nitrogens with zero attached hydrogens (tertiary/aromatic N) is 3. The molecule has 2 heterocycles. The van der Waals surface area contributed by atoms with Gasteiger partial charge in [0.05, 0.1) is 16.4 Å². The van der Waals surface area contributed by atoms with Crippen molar-refractivity contribution in [2.45, 2.75) is 35.1 Å². The number of thiophene rings is 1. The third-order valence-electron chi connectivity index (χ3n) is 5.67. The Labute approximate surface area is 217 Å². The molecule has 1 aromatic carbocycles. The van der Waals surface area contributed by atoms with E-state index in [0.717, 1.165) is 28.5 Å². The second-order valence-corrected chi connectivity index (χ2v) is 15.7. The first kappa shape index (κ1) is 28.5. The third-order valence-corrected chi connectivity index (χ3v) is 11.5. The number of anilines is 2. The third kappa shape index (κ3) is 6.85. The molecule has 1 unspecified atom stereocenters. The summed E-state index contributed by atoms with van der Waals surface area (Å²) in [6.45, 7) is 5.03. The molecular formula is C20H29ClN3O7PS3. The fourth-order valence-corrected chi connectivity index (χ4v) is 8.21. The first-order valence-corrected chi connectivity index (χ1v) is 15.8. The molecule has 1 saturated heterocycles. The predicted octanol–water partition coefficient (Wildman–Crippen LogP) is 3.87. The Morgan fingerprint density at radius 3 is 2.40 bits per heavy atom. The van der Waals surface area contributed by atoms with Gasteiger partial charge in [0.2, 0.25) is 0 Å². The van der Waals surface area contributed by atoms with E-state index in [1.54, 1.807) is 18.2 Å². The number of hydrogen-bond acceptors (Lipinski definition) is 7. The molecule has 1 atom stereocenters. The highest BCUT2D eigenvalue weighted by molar-refractivity contribution is 7.92. The summed E-state index contributed by atoms with van der Waals surface area (Å²) in [7, 11) is -7.92. The lowest BCUT2D eigenvalue weighted by Gasteiger charge is -2.40. The standard InChI is InChI=1S/C20H29ClN3O7PS3/c1-20(2)10-12-23(13-11-20)19-15(21)6-5-7-16(19)24(14-31-32(25,26)27)34(28)17-8-9-18(33-17)35(29,30)22(3)4/h5-9H,10-14H2,1-4H3,(H2,25,26,27). The second-order valence-electron chi connectivity index (χ2n) is 9.00. The molecule has 15 heteroatoms. The van der Waals surface area contributed by atoms with E-state index in [1.807, 2.05) is 0 Å². The van der Waals surface area contributed by atoms with Gasteiger partial charge in [-0.3, -0.25) is 8.83 Å². The zero-order valence-electron chi connectivity index (χ0n) is 19.7. The van der Waals surface area contributed by atoms with Gasteiger partial charge in [-0.05, 0) is 42.5 Å². The number of sulfonamides is 1. The maximum absolute atomic E-state index is 13.7. The highest BCUT2D eigenvalue weighted by Crippen LogP contribution is 2.44. The van der Waals surface area contributed by atoms with Crippen LogP contribution in [0.5, 0.6) is 0 Å². The van der Waals surface area contributed by atoms with Gasteiger partial charge in [-0.1, -0.05) is 31.5 Å². The molecule has 1 aliphatic rings. The molecule has 1 aliphatic heterocycles. The molecular weight excluding hydrogens is 557 g/mol. The molecule has 0 bridgehead atoms. The van der Waals surface area contributed by atoms with Crippen molar-refractivity contribution >= 4 is 63.1 Å². The van der Waals surface area contributed by atoms with Gasteiger partial charge in [0.15, 0.2) is 11.0 Å². The van der Waals surface area contributed by atoms with Crippen LogP contribution in [0.25, 0.3) is 0 Å². The Balaban J connectivity index is 2.05. The SMILES string of the molecule is CN(C)S(=O)(=O)c1ccc(S(=O)N(COP(=O)(O)O)c2cccc(Cl)c2N2CCC(C)(C)CC2)s1. The average molecular weight is 586 g/mol. The minimum atomic E-state index is -4.90. The number of phosphoric ester groups is 1. The lowest BCUT2D eigenvalue weighted by Crippen LogP contribution is -2.39. The van der Waals surface area contributed by atoms with Crippen molar-refractivity contribution in [3.63, 3.8) is 0 Å². The molecule has 35 heavy (non-hydrogen) atoms. The molecule has 2 aromatic rings. The highest BCUT2D eigenvalue weighted by Gasteiger charge is 2.32. The van der Waals surface area contributed by atoms with Gasteiger partial charge in [-0.15, -0.1) is 11.3 Å². The largest absolute Gasteiger partial charge is 0.471 e. The summed E-state index contributed by atoms with van der Waals surface area (Å²) in [5.41, 5.74) is 1.09. The molecule has 0 aliphatic carbocycles. The number of rotatable bonds is 9. The molecule has 196 valence electrons. The van der Waals surface area contributed by atoms with E-state index < -0.39 is 35.6 Å². The van der Waals surface area contributed by atoms with E-state index in [9.17, 15) is 27.0 Å². The van der Waals surface area contributed by atoms with Crippen LogP contribution in [0.3, 0.4) is 0 Å². The molecule has 0 saturated carbocycles. The minimum Gasteiger partial charge on any atom is -0.369 e. The van der Waals surface area contributed by atoms with Crippen LogP contribution in [0.1, 0.15) is 26.7 Å². The Morgan fingerprint density at radius 1 is 1.20 bits per heavy atom. The van der Waals surface area contributed by atoms with Gasteiger partial charge >= 0.3 is 7.82 Å². The van der Waals surface area contributed by atoms with Crippen molar-refractivity contribution in [3.05, 3.63) is 35.4 Å². The van der Waals surface area contributed by atoms with Crippen LogP contribution in [0.2, 0.25) is 5.02 Å². The summed E-state index contributed by atoms with van der Waals surface area (Å²) in [6, 6.07) is 7.74. The van der Waals surface area contributed by atoms with Crippen molar-refractivity contribution in [1.29, 1.82) is 0 Å². The molecule has 1 fully saturated rings. The van der Waals surface area contributed by atoms with E-state index >= 15 is 0 Å². The Kier molecular flexibility index (Phi) is 8.78. The first-order valence-electron chi connectivity index (χ1n) is 10.6. The molecule has 0 radical (unpaired) electrons. The Hall–Kier alpha value is -1.02. The maximum Gasteiger partial charge on any atom is 0.471 e. The predicted molar refractivity (Wildman–Crippen MR) is 139 cm³/mol. The number of hydrogen-bond donors (Lipinski definition) is 2. The fourth-order valence-electron chi connectivity index (χ4n) is 3.51. The minimum absolute atomic E-state index is 0.00807. The van der Waals surface area contributed by atoms with Gasteiger partial charge in [-0.2, -0.15) is 0 Å². The molecule has 10 nitrogen and oxygen atoms in total. The van der Waals surface area contributed by atoms with Crippen molar-refractivity contribution < 1.29 is 31.5 Å². The van der Waals surface area contributed by atoms with Gasteiger partial charge in [0.25, 0.3) is 10.0 Å². The van der Waals surface area contributed by atoms with E-state index in [1.165, 1.54) is 30.5 Å². The highest BCUT2D eigenvalue weighted by atomic mass is 35.5. The number of halogens is 1. The average Bonchev–Trinajstić information content (AvgIpc) is 3.25. The summed E-state index contributed by atoms with van der Waals surface area (Å²) in [6.07, 6.45) is 1.80. The summed E-state index contributed by atoms with van der Waals surface area (Å²) < 4.78 is 57.3. The topological polar surface area (TPSA) is 128 Å². The van der Waals surface area contributed by atoms with Gasteiger partial charge < -0.3 is 14.7 Å². The van der Waals surface area contributed by atoms with Gasteiger partial charge in [0, 0.05) is 27.2 Å². The van der Waals surface area contributed by atoms with Gasteiger partial charge in [-0.25, -0.2) is 21.5 Å². The smallest absolute Gasteiger partial charge is 0.369 e. The number of phosphoric acid groups is 1. The molecule has 2 N–H and O–H groups in total. The molecule has 3 rings (SSSR count). The lowest BCUT2D eigenvalue weighted by atomic mass is 9.82. The van der Waals surface area contributed by atoms with Crippen molar-refractivity contribution in [1.82, 2.24) is 4.31 Å². The van der Waals surface area contributed by atoms with Crippen molar-refractivity contribution in [2.75, 3.05) is 43.1 Å². The van der Waals surface area contributed by atoms with E-state index in [-0.39, 0.29) is 13.8 Å². The van der Waals surface area contributed by atoms with Crippen LogP contribution in [0.15, 0.2) is 38.8 Å². The van der Waals surface area contributed by atoms with Crippen molar-refractivity contribution in [2.24, 2.45) is 5.41 Å². The van der Waals surface area contributed by atoms with E-state index in [2.05, 4.69) is 18.7 Å². The van der Waals surface area contributed by atoms with E-state index in [0.29, 0.717) is 29.5 Å². The molecule has 1 aromatic heterocycles. The van der Waals surface area contributed by atoms with Crippen LogP contribution >= 0.6 is 30.8 Å². The lowest BCUT2D eigenvalue weighted by molar-refractivity contribution is 0.204. The van der Waals surface area contributed by atoms with Crippen LogP contribution in [0, 0.1) is 5.41 Å². The van der Waals surface area contributed by atoms with Crippen molar-refractivity contribution in [3.8, 4) is 0 Å². The first-order chi connectivity index (χ1) is 16.1. The maximum atomic E-state index is 13.7. The fraction of sp³-hybridized carbons (Fsp3) is 0.500. The second kappa shape index (κ2) is 10.8. The number of piperidine rings is 1. The Morgan fingerprint density at radius 2 is 1.83 bits per heavy atom.